The van der Waals surface area contributed by atoms with Crippen LogP contribution in [-0.2, 0) is 4.79 Å². The third-order valence-corrected chi connectivity index (χ3v) is 5.82. The van der Waals surface area contributed by atoms with E-state index in [2.05, 4.69) is 15.2 Å². The fourth-order valence-corrected chi connectivity index (χ4v) is 4.18. The Morgan fingerprint density at radius 3 is 2.60 bits per heavy atom. The minimum Gasteiger partial charge on any atom is -0.342 e. The normalized spacial score (nSPS) is 12.1. The molecule has 1 atom stereocenters. The van der Waals surface area contributed by atoms with Crippen molar-refractivity contribution in [1.82, 2.24) is 20.1 Å². The van der Waals surface area contributed by atoms with E-state index in [-0.39, 0.29) is 11.2 Å². The highest BCUT2D eigenvalue weighted by Gasteiger charge is 2.27. The fourth-order valence-electron chi connectivity index (χ4n) is 2.52. The molecule has 1 amide bonds. The molecule has 7 heteroatoms. The van der Waals surface area contributed by atoms with Gasteiger partial charge in [-0.3, -0.25) is 9.89 Å². The summed E-state index contributed by atoms with van der Waals surface area (Å²) >= 11 is 2.99. The van der Waals surface area contributed by atoms with E-state index in [9.17, 15) is 4.79 Å². The number of nitrogens with one attached hydrogen (secondary N) is 1. The topological polar surface area (TPSA) is 61.9 Å². The summed E-state index contributed by atoms with van der Waals surface area (Å²) in [5, 5.41) is 9.49. The number of hydrogen-bond acceptors (Lipinski definition) is 5. The minimum atomic E-state index is -0.354. The Morgan fingerprint density at radius 2 is 1.96 bits per heavy atom. The second-order valence-corrected chi connectivity index (χ2v) is 7.38. The summed E-state index contributed by atoms with van der Waals surface area (Å²) < 4.78 is 0. The molecule has 130 valence electrons. The Morgan fingerprint density at radius 1 is 1.20 bits per heavy atom. The molecule has 0 aliphatic heterocycles. The van der Waals surface area contributed by atoms with Gasteiger partial charge in [0.25, 0.3) is 0 Å². The monoisotopic (exact) mass is 372 g/mol. The van der Waals surface area contributed by atoms with Crippen LogP contribution in [0.15, 0.2) is 53.0 Å². The first-order valence-electron chi connectivity index (χ1n) is 8.19. The molecule has 0 unspecified atom stereocenters. The first-order chi connectivity index (χ1) is 12.2. The lowest BCUT2D eigenvalue weighted by Gasteiger charge is -2.24. The highest BCUT2D eigenvalue weighted by molar-refractivity contribution is 8.00. The van der Waals surface area contributed by atoms with Gasteiger partial charge in [0.15, 0.2) is 5.82 Å². The molecular weight excluding hydrogens is 352 g/mol. The largest absolute Gasteiger partial charge is 0.342 e. The number of aromatic nitrogens is 3. The lowest BCUT2D eigenvalue weighted by Crippen LogP contribution is -2.33. The SMILES string of the molecule is CCN(CC)C(=O)[C@H](Sc1n[nH]c(-c2cccs2)n1)c1ccccc1. The van der Waals surface area contributed by atoms with Gasteiger partial charge in [-0.05, 0) is 30.9 Å². The van der Waals surface area contributed by atoms with Crippen molar-refractivity contribution in [3.63, 3.8) is 0 Å². The second-order valence-electron chi connectivity index (χ2n) is 5.36. The van der Waals surface area contributed by atoms with Crippen molar-refractivity contribution in [2.45, 2.75) is 24.3 Å². The van der Waals surface area contributed by atoms with E-state index in [1.165, 1.54) is 11.8 Å². The van der Waals surface area contributed by atoms with E-state index in [1.807, 2.05) is 66.6 Å². The molecule has 0 fully saturated rings. The van der Waals surface area contributed by atoms with Gasteiger partial charge in [0.2, 0.25) is 11.1 Å². The maximum absolute atomic E-state index is 13.0. The minimum absolute atomic E-state index is 0.0867. The number of likely N-dealkylation sites (N-methyl/N-ethyl adjacent to an activating group) is 1. The highest BCUT2D eigenvalue weighted by Crippen LogP contribution is 2.36. The van der Waals surface area contributed by atoms with Crippen LogP contribution in [-0.4, -0.2) is 39.1 Å². The Balaban J connectivity index is 1.86. The number of thioether (sulfide) groups is 1. The van der Waals surface area contributed by atoms with Gasteiger partial charge in [0.1, 0.15) is 5.25 Å². The van der Waals surface area contributed by atoms with Crippen molar-refractivity contribution in [3.8, 4) is 10.7 Å². The first kappa shape index (κ1) is 17.7. The second kappa shape index (κ2) is 8.31. The van der Waals surface area contributed by atoms with E-state index in [1.54, 1.807) is 11.3 Å². The third kappa shape index (κ3) is 4.11. The molecule has 2 aromatic heterocycles. The number of carbonyl (C=O) groups is 1. The Hall–Kier alpha value is -2.12. The lowest BCUT2D eigenvalue weighted by molar-refractivity contribution is -0.130. The highest BCUT2D eigenvalue weighted by atomic mass is 32.2. The summed E-state index contributed by atoms with van der Waals surface area (Å²) in [5.41, 5.74) is 0.965. The van der Waals surface area contributed by atoms with Crippen LogP contribution in [0.5, 0.6) is 0 Å². The number of amides is 1. The third-order valence-electron chi connectivity index (χ3n) is 3.84. The van der Waals surface area contributed by atoms with Gasteiger partial charge < -0.3 is 4.90 Å². The van der Waals surface area contributed by atoms with E-state index in [4.69, 9.17) is 0 Å². The molecule has 0 saturated carbocycles. The zero-order valence-electron chi connectivity index (χ0n) is 14.2. The van der Waals surface area contributed by atoms with Crippen LogP contribution in [0.3, 0.4) is 0 Å². The molecule has 0 saturated heterocycles. The van der Waals surface area contributed by atoms with Crippen molar-refractivity contribution in [1.29, 1.82) is 0 Å². The Bertz CT molecular complexity index is 798. The van der Waals surface area contributed by atoms with E-state index >= 15 is 0 Å². The van der Waals surface area contributed by atoms with Crippen molar-refractivity contribution in [3.05, 3.63) is 53.4 Å². The zero-order valence-corrected chi connectivity index (χ0v) is 15.8. The van der Waals surface area contributed by atoms with Crippen molar-refractivity contribution in [2.24, 2.45) is 0 Å². The molecule has 3 aromatic rings. The molecule has 25 heavy (non-hydrogen) atoms. The predicted molar refractivity (Wildman–Crippen MR) is 103 cm³/mol. The van der Waals surface area contributed by atoms with Crippen molar-refractivity contribution < 1.29 is 4.79 Å². The molecule has 1 N–H and O–H groups in total. The van der Waals surface area contributed by atoms with E-state index in [0.717, 1.165) is 16.3 Å². The van der Waals surface area contributed by atoms with Crippen molar-refractivity contribution >= 4 is 29.0 Å². The number of benzene rings is 1. The van der Waals surface area contributed by atoms with E-state index in [0.29, 0.717) is 18.2 Å². The maximum Gasteiger partial charge on any atom is 0.240 e. The summed E-state index contributed by atoms with van der Waals surface area (Å²) in [4.78, 5) is 20.4. The Labute approximate surface area is 155 Å². The first-order valence-corrected chi connectivity index (χ1v) is 9.95. The van der Waals surface area contributed by atoms with Gasteiger partial charge in [0, 0.05) is 13.1 Å². The van der Waals surface area contributed by atoms with Crippen LogP contribution in [0.2, 0.25) is 0 Å². The number of thiophene rings is 1. The average Bonchev–Trinajstić information content (AvgIpc) is 3.33. The maximum atomic E-state index is 13.0. The van der Waals surface area contributed by atoms with Crippen LogP contribution in [0, 0.1) is 0 Å². The molecule has 1 aromatic carbocycles. The van der Waals surface area contributed by atoms with Gasteiger partial charge >= 0.3 is 0 Å². The number of rotatable bonds is 7. The zero-order chi connectivity index (χ0) is 17.6. The van der Waals surface area contributed by atoms with Crippen LogP contribution in [0.25, 0.3) is 10.7 Å². The summed E-state index contributed by atoms with van der Waals surface area (Å²) in [6.07, 6.45) is 0. The van der Waals surface area contributed by atoms with Gasteiger partial charge in [-0.2, -0.15) is 0 Å². The van der Waals surface area contributed by atoms with Gasteiger partial charge in [-0.15, -0.1) is 16.4 Å². The summed E-state index contributed by atoms with van der Waals surface area (Å²) in [7, 11) is 0. The van der Waals surface area contributed by atoms with Crippen LogP contribution in [0.4, 0.5) is 0 Å². The average molecular weight is 373 g/mol. The molecule has 0 aliphatic carbocycles. The summed E-state index contributed by atoms with van der Waals surface area (Å²) in [6, 6.07) is 13.8. The molecule has 0 aliphatic rings. The molecule has 0 radical (unpaired) electrons. The van der Waals surface area contributed by atoms with Crippen LogP contribution in [0.1, 0.15) is 24.7 Å². The number of nitrogens with zero attached hydrogens (tertiary/aromatic N) is 3. The smallest absolute Gasteiger partial charge is 0.240 e. The van der Waals surface area contributed by atoms with Crippen LogP contribution >= 0.6 is 23.1 Å². The van der Waals surface area contributed by atoms with E-state index < -0.39 is 0 Å². The summed E-state index contributed by atoms with van der Waals surface area (Å²) in [6.45, 7) is 5.37. The fraction of sp³-hybridized carbons (Fsp3) is 0.278. The number of carbonyl (C=O) groups excluding carboxylic acids is 1. The molecule has 0 bridgehead atoms. The quantitative estimate of drug-likeness (QED) is 0.630. The molecule has 5 nitrogen and oxygen atoms in total. The molecule has 3 rings (SSSR count). The van der Waals surface area contributed by atoms with Gasteiger partial charge in [0.05, 0.1) is 4.88 Å². The number of aromatic amines is 1. The Kier molecular flexibility index (Phi) is 5.88. The number of H-pyrrole nitrogens is 1. The van der Waals surface area contributed by atoms with Gasteiger partial charge in [-0.25, -0.2) is 4.98 Å². The standard InChI is InChI=1S/C18H20N4OS2/c1-3-22(4-2)17(23)15(13-9-6-5-7-10-13)25-18-19-16(20-21-18)14-11-8-12-24-14/h5-12,15H,3-4H2,1-2H3,(H,19,20,21)/t15-/m1/s1. The van der Waals surface area contributed by atoms with Crippen molar-refractivity contribution in [2.75, 3.05) is 13.1 Å². The predicted octanol–water partition coefficient (Wildman–Crippen LogP) is 4.24. The summed E-state index contributed by atoms with van der Waals surface area (Å²) in [5.74, 6) is 0.822. The van der Waals surface area contributed by atoms with Gasteiger partial charge in [-0.1, -0.05) is 48.2 Å². The molecule has 0 spiro atoms. The lowest BCUT2D eigenvalue weighted by atomic mass is 10.1. The molecule has 2 heterocycles. The number of hydrogen-bond donors (Lipinski definition) is 1. The van der Waals surface area contributed by atoms with Crippen LogP contribution < -0.4 is 0 Å². The molecular formula is C18H20N4OS2.